The number of fused-ring (bicyclic) bond motifs is 1. The van der Waals surface area contributed by atoms with Crippen LogP contribution in [0.15, 0.2) is 30.6 Å². The van der Waals surface area contributed by atoms with Gasteiger partial charge in [0.25, 0.3) is 0 Å². The molecule has 0 spiro atoms. The Morgan fingerprint density at radius 2 is 2.24 bits per heavy atom. The first-order valence-corrected chi connectivity index (χ1v) is 7.34. The summed E-state index contributed by atoms with van der Waals surface area (Å²) in [4.78, 5) is 4.71. The smallest absolute Gasteiger partial charge is 0.102 e. The molecule has 5 nitrogen and oxygen atoms in total. The maximum atomic E-state index is 9.49. The number of piperazine rings is 1. The molecule has 1 aliphatic rings. The fourth-order valence-corrected chi connectivity index (χ4v) is 3.13. The number of hydrogen-bond acceptors (Lipinski definition) is 4. The minimum atomic E-state index is 0.360. The molecule has 110 valence electrons. The Bertz CT molecular complexity index is 669. The Hall–Kier alpha value is -1.87. The third-order valence-corrected chi connectivity index (χ3v) is 4.33. The van der Waals surface area contributed by atoms with Crippen LogP contribution in [-0.4, -0.2) is 53.5 Å². The highest BCUT2D eigenvalue weighted by atomic mass is 15.3. The fourth-order valence-electron chi connectivity index (χ4n) is 3.13. The lowest BCUT2D eigenvalue weighted by molar-refractivity contribution is 0.0880. The summed E-state index contributed by atoms with van der Waals surface area (Å²) in [6.45, 7) is 4.48. The van der Waals surface area contributed by atoms with Crippen LogP contribution in [0.4, 0.5) is 0 Å². The van der Waals surface area contributed by atoms with Gasteiger partial charge in [0.2, 0.25) is 0 Å². The second-order valence-corrected chi connectivity index (χ2v) is 5.76. The summed E-state index contributed by atoms with van der Waals surface area (Å²) in [5.74, 6) is 0. The maximum absolute atomic E-state index is 9.49. The van der Waals surface area contributed by atoms with Crippen molar-refractivity contribution in [2.45, 2.75) is 12.6 Å². The number of rotatable bonds is 3. The van der Waals surface area contributed by atoms with Crippen molar-refractivity contribution in [3.63, 3.8) is 0 Å². The lowest BCUT2D eigenvalue weighted by atomic mass is 10.1. The molecule has 1 fully saturated rings. The van der Waals surface area contributed by atoms with Crippen molar-refractivity contribution in [3.8, 4) is 6.07 Å². The Morgan fingerprint density at radius 3 is 3.00 bits per heavy atom. The molecule has 0 bridgehead atoms. The van der Waals surface area contributed by atoms with Crippen LogP contribution in [-0.2, 0) is 6.54 Å². The summed E-state index contributed by atoms with van der Waals surface area (Å²) >= 11 is 0. The molecule has 0 aliphatic carbocycles. The number of nitrogens with zero attached hydrogens (tertiary/aromatic N) is 4. The van der Waals surface area contributed by atoms with Gasteiger partial charge in [0.05, 0.1) is 11.1 Å². The van der Waals surface area contributed by atoms with E-state index >= 15 is 0 Å². The summed E-state index contributed by atoms with van der Waals surface area (Å²) < 4.78 is 2.03. The van der Waals surface area contributed by atoms with E-state index in [9.17, 15) is 5.26 Å². The number of aromatic nitrogens is 1. The topological polar surface area (TPSA) is 60.7 Å². The predicted octanol–water partition coefficient (Wildman–Crippen LogP) is 0.886. The first-order valence-electron chi connectivity index (χ1n) is 7.34. The van der Waals surface area contributed by atoms with E-state index in [4.69, 9.17) is 5.73 Å². The van der Waals surface area contributed by atoms with Gasteiger partial charge in [0.1, 0.15) is 6.07 Å². The Labute approximate surface area is 125 Å². The molecule has 3 heterocycles. The second-order valence-electron chi connectivity index (χ2n) is 5.76. The van der Waals surface area contributed by atoms with Gasteiger partial charge in [-0.3, -0.25) is 4.90 Å². The Morgan fingerprint density at radius 1 is 1.38 bits per heavy atom. The molecule has 5 heteroatoms. The van der Waals surface area contributed by atoms with Crippen LogP contribution < -0.4 is 5.73 Å². The van der Waals surface area contributed by atoms with Gasteiger partial charge in [-0.15, -0.1) is 0 Å². The zero-order valence-electron chi connectivity index (χ0n) is 12.4. The van der Waals surface area contributed by atoms with E-state index < -0.39 is 0 Å². The molecule has 0 aromatic carbocycles. The van der Waals surface area contributed by atoms with Gasteiger partial charge in [-0.05, 0) is 19.2 Å². The monoisotopic (exact) mass is 283 g/mol. The SMILES string of the molecule is CN1CCN(Cc2cn3ccccc3c2C#N)C(CN)C1. The summed E-state index contributed by atoms with van der Waals surface area (Å²) in [6, 6.07) is 8.67. The van der Waals surface area contributed by atoms with Crippen LogP contribution in [0, 0.1) is 11.3 Å². The van der Waals surface area contributed by atoms with Crippen LogP contribution in [0.3, 0.4) is 0 Å². The number of hydrogen-bond donors (Lipinski definition) is 1. The molecule has 1 unspecified atom stereocenters. The largest absolute Gasteiger partial charge is 0.329 e. The highest BCUT2D eigenvalue weighted by molar-refractivity contribution is 5.65. The minimum absolute atomic E-state index is 0.360. The van der Waals surface area contributed by atoms with Crippen molar-refractivity contribution in [1.82, 2.24) is 14.2 Å². The molecule has 0 amide bonds. The van der Waals surface area contributed by atoms with Crippen molar-refractivity contribution >= 4 is 5.52 Å². The van der Waals surface area contributed by atoms with E-state index in [1.54, 1.807) is 0 Å². The molecule has 2 N–H and O–H groups in total. The number of likely N-dealkylation sites (N-methyl/N-ethyl adjacent to an activating group) is 1. The van der Waals surface area contributed by atoms with Gasteiger partial charge in [0.15, 0.2) is 0 Å². The van der Waals surface area contributed by atoms with Gasteiger partial charge >= 0.3 is 0 Å². The van der Waals surface area contributed by atoms with Crippen molar-refractivity contribution in [3.05, 3.63) is 41.7 Å². The van der Waals surface area contributed by atoms with E-state index in [1.165, 1.54) is 0 Å². The summed E-state index contributed by atoms with van der Waals surface area (Å²) in [6.07, 6.45) is 4.06. The molecular weight excluding hydrogens is 262 g/mol. The maximum Gasteiger partial charge on any atom is 0.102 e. The number of nitriles is 1. The summed E-state index contributed by atoms with van der Waals surface area (Å²) in [5, 5.41) is 9.49. The zero-order valence-corrected chi connectivity index (χ0v) is 12.4. The molecule has 1 aliphatic heterocycles. The third-order valence-electron chi connectivity index (χ3n) is 4.33. The number of pyridine rings is 1. The van der Waals surface area contributed by atoms with E-state index in [0.29, 0.717) is 12.6 Å². The molecular formula is C16H21N5. The standard InChI is InChI=1S/C16H21N5/c1-19-6-7-20(14(8-17)12-19)10-13-11-21-5-3-2-4-16(21)15(13)9-18/h2-5,11,14H,6-8,10,12,17H2,1H3. The average molecular weight is 283 g/mol. The number of nitrogens with two attached hydrogens (primary N) is 1. The van der Waals surface area contributed by atoms with Crippen molar-refractivity contribution in [2.24, 2.45) is 5.73 Å². The van der Waals surface area contributed by atoms with Gasteiger partial charge in [0, 0.05) is 56.7 Å². The van der Waals surface area contributed by atoms with Crippen LogP contribution in [0.25, 0.3) is 5.52 Å². The van der Waals surface area contributed by atoms with Crippen LogP contribution >= 0.6 is 0 Å². The lowest BCUT2D eigenvalue weighted by Crippen LogP contribution is -2.54. The minimum Gasteiger partial charge on any atom is -0.329 e. The molecule has 2 aromatic rings. The molecule has 1 saturated heterocycles. The van der Waals surface area contributed by atoms with Gasteiger partial charge in [-0.25, -0.2) is 0 Å². The molecule has 1 atom stereocenters. The predicted molar refractivity (Wildman–Crippen MR) is 82.9 cm³/mol. The average Bonchev–Trinajstić information content (AvgIpc) is 2.86. The van der Waals surface area contributed by atoms with E-state index in [2.05, 4.69) is 29.1 Å². The zero-order chi connectivity index (χ0) is 14.8. The van der Waals surface area contributed by atoms with E-state index in [0.717, 1.165) is 42.8 Å². The first kappa shape index (κ1) is 14.1. The second kappa shape index (κ2) is 5.86. The van der Waals surface area contributed by atoms with Crippen molar-refractivity contribution in [1.29, 1.82) is 5.26 Å². The molecule has 0 radical (unpaired) electrons. The Kier molecular flexibility index (Phi) is 3.93. The van der Waals surface area contributed by atoms with Crippen LogP contribution in [0.2, 0.25) is 0 Å². The van der Waals surface area contributed by atoms with Crippen molar-refractivity contribution in [2.75, 3.05) is 33.2 Å². The normalized spacial score (nSPS) is 20.7. The molecule has 21 heavy (non-hydrogen) atoms. The molecule has 2 aromatic heterocycles. The van der Waals surface area contributed by atoms with Crippen molar-refractivity contribution < 1.29 is 0 Å². The first-order chi connectivity index (χ1) is 10.2. The third kappa shape index (κ3) is 2.66. The summed E-state index contributed by atoms with van der Waals surface area (Å²) in [5.41, 5.74) is 8.77. The quantitative estimate of drug-likeness (QED) is 0.908. The Balaban J connectivity index is 1.89. The fraction of sp³-hybridized carbons (Fsp3) is 0.438. The van der Waals surface area contributed by atoms with Gasteiger partial charge in [-0.2, -0.15) is 5.26 Å². The van der Waals surface area contributed by atoms with Gasteiger partial charge in [-0.1, -0.05) is 6.07 Å². The molecule has 0 saturated carbocycles. The molecule has 3 rings (SSSR count). The summed E-state index contributed by atoms with van der Waals surface area (Å²) in [7, 11) is 2.13. The van der Waals surface area contributed by atoms with E-state index in [-0.39, 0.29) is 0 Å². The highest BCUT2D eigenvalue weighted by Crippen LogP contribution is 2.21. The van der Waals surface area contributed by atoms with Gasteiger partial charge < -0.3 is 15.0 Å². The highest BCUT2D eigenvalue weighted by Gasteiger charge is 2.25. The van der Waals surface area contributed by atoms with Crippen LogP contribution in [0.1, 0.15) is 11.1 Å². The van der Waals surface area contributed by atoms with Crippen LogP contribution in [0.5, 0.6) is 0 Å². The van der Waals surface area contributed by atoms with E-state index in [1.807, 2.05) is 28.8 Å². The lowest BCUT2D eigenvalue weighted by Gasteiger charge is -2.39.